The highest BCUT2D eigenvalue weighted by Crippen LogP contribution is 2.36. The molecule has 28 heavy (non-hydrogen) atoms. The maximum absolute atomic E-state index is 12.1. The zero-order valence-corrected chi connectivity index (χ0v) is 19.2. The van der Waals surface area contributed by atoms with Crippen molar-refractivity contribution in [2.24, 2.45) is 5.10 Å². The van der Waals surface area contributed by atoms with Crippen molar-refractivity contribution in [1.82, 2.24) is 5.43 Å². The summed E-state index contributed by atoms with van der Waals surface area (Å²) in [6.07, 6.45) is 6.13. The number of nitrogens with zero attached hydrogens (tertiary/aromatic N) is 1. The van der Waals surface area contributed by atoms with E-state index in [-0.39, 0.29) is 5.91 Å². The van der Waals surface area contributed by atoms with E-state index in [1.165, 1.54) is 12.8 Å². The summed E-state index contributed by atoms with van der Waals surface area (Å²) >= 11 is 6.87. The maximum Gasteiger partial charge on any atom is 0.271 e. The lowest BCUT2D eigenvalue weighted by Gasteiger charge is -2.13. The Kier molecular flexibility index (Phi) is 9.50. The minimum atomic E-state index is -0.276. The van der Waals surface area contributed by atoms with Crippen LogP contribution in [-0.4, -0.2) is 25.8 Å². The average Bonchev–Trinajstić information content (AvgIpc) is 2.69. The van der Waals surface area contributed by atoms with Crippen molar-refractivity contribution in [2.45, 2.75) is 32.6 Å². The van der Waals surface area contributed by atoms with E-state index in [2.05, 4.69) is 49.3 Å². The normalized spacial score (nSPS) is 10.9. The van der Waals surface area contributed by atoms with Crippen LogP contribution in [-0.2, 0) is 0 Å². The van der Waals surface area contributed by atoms with Gasteiger partial charge in [0.25, 0.3) is 5.91 Å². The minimum absolute atomic E-state index is 0.276. The Balaban J connectivity index is 1.99. The molecule has 0 aliphatic heterocycles. The Hall–Kier alpha value is -1.86. The van der Waals surface area contributed by atoms with Crippen molar-refractivity contribution in [3.8, 4) is 11.5 Å². The van der Waals surface area contributed by atoms with Crippen molar-refractivity contribution in [3.05, 3.63) is 56.5 Å². The quantitative estimate of drug-likeness (QED) is 0.244. The van der Waals surface area contributed by atoms with Crippen LogP contribution in [0.25, 0.3) is 0 Å². The number of amides is 1. The Morgan fingerprint density at radius 2 is 1.89 bits per heavy atom. The molecule has 0 unspecified atom stereocenters. The van der Waals surface area contributed by atoms with Crippen molar-refractivity contribution in [3.63, 3.8) is 0 Å². The number of hydrogen-bond acceptors (Lipinski definition) is 4. The SMILES string of the molecule is CCCCCCOc1c(Br)cc(/C=N/NC(=O)c2ccc(Br)cc2)cc1OC. The molecule has 2 aromatic carbocycles. The predicted octanol–water partition coefficient (Wildman–Crippen LogP) is 5.94. The van der Waals surface area contributed by atoms with Crippen LogP contribution in [0.2, 0.25) is 0 Å². The first kappa shape index (κ1) is 22.4. The number of rotatable bonds is 10. The van der Waals surface area contributed by atoms with Crippen LogP contribution in [0, 0.1) is 0 Å². The number of halogens is 2. The smallest absolute Gasteiger partial charge is 0.271 e. The van der Waals surface area contributed by atoms with Crippen LogP contribution >= 0.6 is 31.9 Å². The Morgan fingerprint density at radius 3 is 2.57 bits per heavy atom. The van der Waals surface area contributed by atoms with Crippen LogP contribution in [0.5, 0.6) is 11.5 Å². The number of ether oxygens (including phenoxy) is 2. The lowest BCUT2D eigenvalue weighted by Crippen LogP contribution is -2.17. The molecule has 0 aliphatic rings. The lowest BCUT2D eigenvalue weighted by molar-refractivity contribution is 0.0955. The number of methoxy groups -OCH3 is 1. The van der Waals surface area contributed by atoms with Gasteiger partial charge in [-0.2, -0.15) is 5.10 Å². The van der Waals surface area contributed by atoms with Gasteiger partial charge in [0.1, 0.15) is 0 Å². The highest BCUT2D eigenvalue weighted by molar-refractivity contribution is 9.10. The van der Waals surface area contributed by atoms with E-state index < -0.39 is 0 Å². The van der Waals surface area contributed by atoms with E-state index in [0.717, 1.165) is 27.4 Å². The molecule has 2 aromatic rings. The van der Waals surface area contributed by atoms with Crippen LogP contribution in [0.3, 0.4) is 0 Å². The summed E-state index contributed by atoms with van der Waals surface area (Å²) in [6.45, 7) is 2.83. The Bertz CT molecular complexity index is 808. The van der Waals surface area contributed by atoms with E-state index in [0.29, 0.717) is 23.7 Å². The van der Waals surface area contributed by atoms with Crippen LogP contribution in [0.4, 0.5) is 0 Å². The predicted molar refractivity (Wildman–Crippen MR) is 120 cm³/mol. The van der Waals surface area contributed by atoms with Crippen molar-refractivity contribution >= 4 is 44.0 Å². The molecule has 0 aliphatic carbocycles. The second kappa shape index (κ2) is 11.9. The van der Waals surface area contributed by atoms with Crippen molar-refractivity contribution in [1.29, 1.82) is 0 Å². The second-order valence-electron chi connectivity index (χ2n) is 6.15. The minimum Gasteiger partial charge on any atom is -0.493 e. The number of benzene rings is 2. The molecular weight excluding hydrogens is 488 g/mol. The van der Waals surface area contributed by atoms with Gasteiger partial charge in [0.2, 0.25) is 0 Å². The van der Waals surface area contributed by atoms with Gasteiger partial charge in [-0.05, 0) is 64.3 Å². The summed E-state index contributed by atoms with van der Waals surface area (Å²) in [5.41, 5.74) is 3.83. The fourth-order valence-corrected chi connectivity index (χ4v) is 3.33. The first-order valence-corrected chi connectivity index (χ1v) is 10.7. The zero-order chi connectivity index (χ0) is 20.4. The number of carbonyl (C=O) groups excluding carboxylic acids is 1. The van der Waals surface area contributed by atoms with E-state index in [9.17, 15) is 4.79 Å². The molecule has 1 N–H and O–H groups in total. The summed E-state index contributed by atoms with van der Waals surface area (Å²) in [7, 11) is 1.60. The molecule has 0 fully saturated rings. The summed E-state index contributed by atoms with van der Waals surface area (Å²) in [5.74, 6) is 1.02. The molecule has 0 aromatic heterocycles. The van der Waals surface area contributed by atoms with Gasteiger partial charge in [0, 0.05) is 10.0 Å². The van der Waals surface area contributed by atoms with E-state index >= 15 is 0 Å². The van der Waals surface area contributed by atoms with Gasteiger partial charge in [-0.1, -0.05) is 42.1 Å². The largest absolute Gasteiger partial charge is 0.493 e. The van der Waals surface area contributed by atoms with Gasteiger partial charge in [0.15, 0.2) is 11.5 Å². The monoisotopic (exact) mass is 510 g/mol. The second-order valence-corrected chi connectivity index (χ2v) is 7.92. The third kappa shape index (κ3) is 6.95. The van der Waals surface area contributed by atoms with E-state index in [1.807, 2.05) is 24.3 Å². The first-order chi connectivity index (χ1) is 13.5. The molecule has 0 bridgehead atoms. The number of hydrazone groups is 1. The number of nitrogens with one attached hydrogen (secondary N) is 1. The molecule has 0 radical (unpaired) electrons. The molecule has 2 rings (SSSR count). The van der Waals surface area contributed by atoms with E-state index in [1.54, 1.807) is 25.5 Å². The van der Waals surface area contributed by atoms with Crippen LogP contribution < -0.4 is 14.9 Å². The van der Waals surface area contributed by atoms with Crippen molar-refractivity contribution < 1.29 is 14.3 Å². The summed E-state index contributed by atoms with van der Waals surface area (Å²) in [4.78, 5) is 12.1. The van der Waals surface area contributed by atoms with Crippen LogP contribution in [0.15, 0.2) is 50.4 Å². The number of carbonyl (C=O) groups is 1. The summed E-state index contributed by atoms with van der Waals surface area (Å²) < 4.78 is 13.0. The molecular formula is C21H24Br2N2O3. The van der Waals surface area contributed by atoms with E-state index in [4.69, 9.17) is 9.47 Å². The third-order valence-electron chi connectivity index (χ3n) is 3.98. The molecule has 7 heteroatoms. The fourth-order valence-electron chi connectivity index (χ4n) is 2.49. The van der Waals surface area contributed by atoms with Gasteiger partial charge in [-0.15, -0.1) is 0 Å². The number of hydrogen-bond donors (Lipinski definition) is 1. The summed E-state index contributed by atoms with van der Waals surface area (Å²) in [5, 5.41) is 4.03. The highest BCUT2D eigenvalue weighted by atomic mass is 79.9. The first-order valence-electron chi connectivity index (χ1n) is 9.14. The lowest BCUT2D eigenvalue weighted by atomic mass is 10.2. The molecule has 0 saturated heterocycles. The Morgan fingerprint density at radius 1 is 1.14 bits per heavy atom. The topological polar surface area (TPSA) is 59.9 Å². The van der Waals surface area contributed by atoms with Gasteiger partial charge in [0.05, 0.1) is 24.4 Å². The molecule has 150 valence electrons. The van der Waals surface area contributed by atoms with Gasteiger partial charge in [-0.3, -0.25) is 4.79 Å². The molecule has 1 amide bonds. The number of unbranched alkanes of at least 4 members (excludes halogenated alkanes) is 3. The van der Waals surface area contributed by atoms with Gasteiger partial charge in [-0.25, -0.2) is 5.43 Å². The standard InChI is InChI=1S/C21H24Br2N2O3/c1-3-4-5-6-11-28-20-18(23)12-15(13-19(20)27-2)14-24-25-21(26)16-7-9-17(22)10-8-16/h7-10,12-14H,3-6,11H2,1-2H3,(H,25,26)/b24-14+. The van der Waals surface area contributed by atoms with Gasteiger partial charge < -0.3 is 9.47 Å². The molecule has 0 heterocycles. The molecule has 0 saturated carbocycles. The van der Waals surface area contributed by atoms with Gasteiger partial charge >= 0.3 is 0 Å². The maximum atomic E-state index is 12.1. The molecule has 0 atom stereocenters. The van der Waals surface area contributed by atoms with Crippen LogP contribution in [0.1, 0.15) is 48.5 Å². The third-order valence-corrected chi connectivity index (χ3v) is 5.10. The van der Waals surface area contributed by atoms with Crippen molar-refractivity contribution in [2.75, 3.05) is 13.7 Å². The summed E-state index contributed by atoms with van der Waals surface area (Å²) in [6, 6.07) is 10.8. The molecule has 5 nitrogen and oxygen atoms in total. The Labute approximate surface area is 182 Å². The average molecular weight is 512 g/mol. The molecule has 0 spiro atoms. The fraction of sp³-hybridized carbons (Fsp3) is 0.333. The zero-order valence-electron chi connectivity index (χ0n) is 16.0. The highest BCUT2D eigenvalue weighted by Gasteiger charge is 2.11.